The molecule has 140 valence electrons. The molecule has 1 aromatic carbocycles. The van der Waals surface area contributed by atoms with Gasteiger partial charge in [0.05, 0.1) is 10.6 Å². The summed E-state index contributed by atoms with van der Waals surface area (Å²) in [5.74, 6) is 2.14. The van der Waals surface area contributed by atoms with Gasteiger partial charge in [-0.2, -0.15) is 0 Å². The molecule has 7 heteroatoms. The number of hydrogen-bond acceptors (Lipinski definition) is 5. The lowest BCUT2D eigenvalue weighted by molar-refractivity contribution is 0.355. The Balaban J connectivity index is 1.89. The number of benzene rings is 1. The molecule has 1 aliphatic heterocycles. The van der Waals surface area contributed by atoms with E-state index in [0.717, 1.165) is 18.9 Å². The molecule has 1 fully saturated rings. The molecule has 3 rings (SSSR count). The number of primary sulfonamides is 1. The first-order chi connectivity index (χ1) is 12.3. The van der Waals surface area contributed by atoms with Gasteiger partial charge in [-0.05, 0) is 48.4 Å². The molecule has 6 nitrogen and oxygen atoms in total. The second kappa shape index (κ2) is 7.32. The fraction of sp³-hybridized carbons (Fsp3) is 0.474. The molecule has 2 aromatic rings. The maximum Gasteiger partial charge on any atom is 0.238 e. The Morgan fingerprint density at radius 2 is 1.81 bits per heavy atom. The van der Waals surface area contributed by atoms with E-state index < -0.39 is 10.0 Å². The summed E-state index contributed by atoms with van der Waals surface area (Å²) in [5, 5.41) is 14.1. The van der Waals surface area contributed by atoms with E-state index in [1.165, 1.54) is 6.42 Å². The molecule has 0 spiro atoms. The average Bonchev–Trinajstić information content (AvgIpc) is 2.60. The zero-order chi connectivity index (χ0) is 18.9. The van der Waals surface area contributed by atoms with Gasteiger partial charge < -0.3 is 4.90 Å². The number of anilines is 1. The highest BCUT2D eigenvalue weighted by Gasteiger charge is 2.23. The highest BCUT2D eigenvalue weighted by Crippen LogP contribution is 2.27. The summed E-state index contributed by atoms with van der Waals surface area (Å²) >= 11 is 0. The van der Waals surface area contributed by atoms with Crippen LogP contribution in [0.5, 0.6) is 0 Å². The van der Waals surface area contributed by atoms with Crippen molar-refractivity contribution in [1.82, 2.24) is 10.2 Å². The SMILES string of the molecule is CCc1ccc(-c2ccc(N3C[C@H](C)C[C@H](C)C3)nn2)cc1S(N)(=O)=O. The molecular weight excluding hydrogens is 348 g/mol. The quantitative estimate of drug-likeness (QED) is 0.889. The van der Waals surface area contributed by atoms with Crippen molar-refractivity contribution in [2.24, 2.45) is 17.0 Å². The smallest absolute Gasteiger partial charge is 0.238 e. The van der Waals surface area contributed by atoms with Gasteiger partial charge in [-0.1, -0.05) is 32.9 Å². The van der Waals surface area contributed by atoms with Crippen LogP contribution in [-0.4, -0.2) is 31.7 Å². The van der Waals surface area contributed by atoms with Crippen LogP contribution >= 0.6 is 0 Å². The standard InChI is InChI=1S/C19H26N4O2S/c1-4-15-5-6-16(10-18(15)26(20,24)25)17-7-8-19(22-21-17)23-11-13(2)9-14(3)12-23/h5-8,10,13-14H,4,9,11-12H2,1-3H3,(H2,20,24,25)/t13-,14+. The van der Waals surface area contributed by atoms with Crippen molar-refractivity contribution < 1.29 is 8.42 Å². The van der Waals surface area contributed by atoms with Crippen molar-refractivity contribution in [3.05, 3.63) is 35.9 Å². The lowest BCUT2D eigenvalue weighted by Gasteiger charge is -2.35. The van der Waals surface area contributed by atoms with Gasteiger partial charge in [0, 0.05) is 18.7 Å². The lowest BCUT2D eigenvalue weighted by Crippen LogP contribution is -2.39. The number of aromatic nitrogens is 2. The Labute approximate surface area is 155 Å². The minimum absolute atomic E-state index is 0.155. The summed E-state index contributed by atoms with van der Waals surface area (Å²) in [6.07, 6.45) is 1.84. The van der Waals surface area contributed by atoms with Gasteiger partial charge >= 0.3 is 0 Å². The molecule has 0 saturated carbocycles. The van der Waals surface area contributed by atoms with Crippen LogP contribution in [0.25, 0.3) is 11.3 Å². The average molecular weight is 375 g/mol. The van der Waals surface area contributed by atoms with Gasteiger partial charge in [-0.25, -0.2) is 13.6 Å². The fourth-order valence-corrected chi connectivity index (χ4v) is 4.64. The van der Waals surface area contributed by atoms with E-state index >= 15 is 0 Å². The largest absolute Gasteiger partial charge is 0.355 e. The van der Waals surface area contributed by atoms with Crippen molar-refractivity contribution >= 4 is 15.8 Å². The van der Waals surface area contributed by atoms with Gasteiger partial charge in [0.2, 0.25) is 10.0 Å². The molecule has 0 amide bonds. The summed E-state index contributed by atoms with van der Waals surface area (Å²) < 4.78 is 23.7. The Bertz CT molecular complexity index is 871. The maximum absolute atomic E-state index is 11.9. The predicted molar refractivity (Wildman–Crippen MR) is 103 cm³/mol. The molecule has 2 N–H and O–H groups in total. The van der Waals surface area contributed by atoms with E-state index in [-0.39, 0.29) is 4.90 Å². The zero-order valence-corrected chi connectivity index (χ0v) is 16.3. The lowest BCUT2D eigenvalue weighted by atomic mass is 9.92. The first-order valence-electron chi connectivity index (χ1n) is 9.02. The third-order valence-electron chi connectivity index (χ3n) is 4.89. The Hall–Kier alpha value is -1.99. The second-order valence-electron chi connectivity index (χ2n) is 7.35. The summed E-state index contributed by atoms with van der Waals surface area (Å²) in [6.45, 7) is 8.39. The molecule has 0 bridgehead atoms. The van der Waals surface area contributed by atoms with Crippen molar-refractivity contribution in [2.75, 3.05) is 18.0 Å². The van der Waals surface area contributed by atoms with E-state index in [0.29, 0.717) is 35.1 Å². The van der Waals surface area contributed by atoms with E-state index in [9.17, 15) is 8.42 Å². The topological polar surface area (TPSA) is 89.2 Å². The number of hydrogen-bond donors (Lipinski definition) is 1. The zero-order valence-electron chi connectivity index (χ0n) is 15.5. The van der Waals surface area contributed by atoms with Crippen LogP contribution in [-0.2, 0) is 16.4 Å². The van der Waals surface area contributed by atoms with Crippen LogP contribution in [0, 0.1) is 11.8 Å². The number of piperidine rings is 1. The molecule has 2 atom stereocenters. The second-order valence-corrected chi connectivity index (χ2v) is 8.88. The molecule has 0 radical (unpaired) electrons. The first-order valence-corrected chi connectivity index (χ1v) is 10.6. The third-order valence-corrected chi connectivity index (χ3v) is 5.89. The van der Waals surface area contributed by atoms with Crippen molar-refractivity contribution in [3.8, 4) is 11.3 Å². The molecule has 0 unspecified atom stereocenters. The van der Waals surface area contributed by atoms with Crippen molar-refractivity contribution in [1.29, 1.82) is 0 Å². The van der Waals surface area contributed by atoms with Gasteiger partial charge in [0.15, 0.2) is 5.82 Å². The summed E-state index contributed by atoms with van der Waals surface area (Å²) in [6, 6.07) is 9.08. The molecule has 0 aliphatic carbocycles. The van der Waals surface area contributed by atoms with E-state index in [1.54, 1.807) is 12.1 Å². The van der Waals surface area contributed by atoms with Crippen LogP contribution < -0.4 is 10.0 Å². The molecule has 1 aromatic heterocycles. The number of sulfonamides is 1. The molecular formula is C19H26N4O2S. The van der Waals surface area contributed by atoms with Crippen LogP contribution in [0.1, 0.15) is 32.8 Å². The van der Waals surface area contributed by atoms with Gasteiger partial charge in [0.1, 0.15) is 0 Å². The Kier molecular flexibility index (Phi) is 5.29. The monoisotopic (exact) mass is 374 g/mol. The third kappa shape index (κ3) is 4.04. The molecule has 2 heterocycles. The fourth-order valence-electron chi connectivity index (χ4n) is 3.77. The van der Waals surface area contributed by atoms with E-state index in [1.807, 2.05) is 25.1 Å². The molecule has 1 saturated heterocycles. The minimum Gasteiger partial charge on any atom is -0.355 e. The summed E-state index contributed by atoms with van der Waals surface area (Å²) in [4.78, 5) is 2.42. The maximum atomic E-state index is 11.9. The normalized spacial score (nSPS) is 21.0. The van der Waals surface area contributed by atoms with Gasteiger partial charge in [-0.15, -0.1) is 10.2 Å². The van der Waals surface area contributed by atoms with Crippen molar-refractivity contribution in [3.63, 3.8) is 0 Å². The number of nitrogens with two attached hydrogens (primary N) is 1. The van der Waals surface area contributed by atoms with Crippen LogP contribution in [0.3, 0.4) is 0 Å². The Morgan fingerprint density at radius 1 is 1.12 bits per heavy atom. The van der Waals surface area contributed by atoms with Gasteiger partial charge in [0.25, 0.3) is 0 Å². The molecule has 26 heavy (non-hydrogen) atoms. The number of rotatable bonds is 4. The van der Waals surface area contributed by atoms with E-state index in [2.05, 4.69) is 28.9 Å². The number of nitrogens with zero attached hydrogens (tertiary/aromatic N) is 3. The first kappa shape index (κ1) is 18.8. The van der Waals surface area contributed by atoms with Crippen molar-refractivity contribution in [2.45, 2.75) is 38.5 Å². The van der Waals surface area contributed by atoms with E-state index in [4.69, 9.17) is 5.14 Å². The molecule has 1 aliphatic rings. The Morgan fingerprint density at radius 3 is 2.35 bits per heavy atom. The highest BCUT2D eigenvalue weighted by atomic mass is 32.2. The predicted octanol–water partition coefficient (Wildman–Crippen LogP) is 2.84. The number of aryl methyl sites for hydroxylation is 1. The van der Waals surface area contributed by atoms with Crippen LogP contribution in [0.15, 0.2) is 35.2 Å². The summed E-state index contributed by atoms with van der Waals surface area (Å²) in [5.41, 5.74) is 2.04. The highest BCUT2D eigenvalue weighted by molar-refractivity contribution is 7.89. The van der Waals surface area contributed by atoms with Crippen LogP contribution in [0.2, 0.25) is 0 Å². The summed E-state index contributed by atoms with van der Waals surface area (Å²) in [7, 11) is -3.77. The van der Waals surface area contributed by atoms with Crippen LogP contribution in [0.4, 0.5) is 5.82 Å². The van der Waals surface area contributed by atoms with Gasteiger partial charge in [-0.3, -0.25) is 0 Å². The minimum atomic E-state index is -3.77.